The number of carbonyl (C=O) groups excluding carboxylic acids is 3. The van der Waals surface area contributed by atoms with Crippen molar-refractivity contribution in [2.45, 2.75) is 34.6 Å². The number of carbonyl (C=O) groups is 3. The lowest BCUT2D eigenvalue weighted by Crippen LogP contribution is -2.35. The van der Waals surface area contributed by atoms with E-state index in [9.17, 15) is 14.4 Å². The summed E-state index contributed by atoms with van der Waals surface area (Å²) in [5.74, 6) is -0.655. The van der Waals surface area contributed by atoms with E-state index < -0.39 is 0 Å². The molecule has 0 spiro atoms. The van der Waals surface area contributed by atoms with Gasteiger partial charge in [0.15, 0.2) is 0 Å². The van der Waals surface area contributed by atoms with Crippen molar-refractivity contribution < 1.29 is 14.4 Å². The molecule has 0 saturated heterocycles. The predicted octanol–water partition coefficient (Wildman–Crippen LogP) is 4.11. The van der Waals surface area contributed by atoms with Crippen LogP contribution in [0.5, 0.6) is 0 Å². The number of anilines is 2. The summed E-state index contributed by atoms with van der Waals surface area (Å²) in [5, 5.41) is 5.91. The minimum atomic E-state index is -0.325. The third-order valence-electron chi connectivity index (χ3n) is 4.70. The van der Waals surface area contributed by atoms with E-state index in [-0.39, 0.29) is 29.3 Å². The van der Waals surface area contributed by atoms with Gasteiger partial charge in [0, 0.05) is 24.8 Å². The second-order valence-corrected chi connectivity index (χ2v) is 8.12. The largest absolute Gasteiger partial charge is 0.350 e. The molecule has 6 nitrogen and oxygen atoms in total. The summed E-state index contributed by atoms with van der Waals surface area (Å²) in [6.07, 6.45) is 0. The first-order valence-electron chi connectivity index (χ1n) is 9.99. The number of amides is 3. The van der Waals surface area contributed by atoms with Gasteiger partial charge in [0.2, 0.25) is 5.91 Å². The molecule has 2 N–H and O–H groups in total. The number of rotatable bonds is 6. The van der Waals surface area contributed by atoms with Crippen molar-refractivity contribution in [3.8, 4) is 0 Å². The van der Waals surface area contributed by atoms with Crippen LogP contribution in [-0.4, -0.2) is 29.2 Å². The molecule has 3 amide bonds. The molecule has 0 atom stereocenters. The zero-order chi connectivity index (χ0) is 22.0. The van der Waals surface area contributed by atoms with E-state index >= 15 is 0 Å². The Morgan fingerprint density at radius 3 is 2.07 bits per heavy atom. The van der Waals surface area contributed by atoms with Gasteiger partial charge in [0.25, 0.3) is 11.8 Å². The van der Waals surface area contributed by atoms with Gasteiger partial charge < -0.3 is 10.6 Å². The van der Waals surface area contributed by atoms with Crippen molar-refractivity contribution in [1.82, 2.24) is 4.90 Å². The highest BCUT2D eigenvalue weighted by atomic mass is 16.2. The number of benzene rings is 2. The lowest BCUT2D eigenvalue weighted by Gasteiger charge is -2.17. The summed E-state index contributed by atoms with van der Waals surface area (Å²) >= 11 is 0. The maximum Gasteiger partial charge on any atom is 0.278 e. The molecule has 1 heterocycles. The average molecular weight is 405 g/mol. The first-order valence-corrected chi connectivity index (χ1v) is 9.99. The molecular formula is C24H27N3O3. The van der Waals surface area contributed by atoms with Crippen LogP contribution in [0.15, 0.2) is 48.2 Å². The van der Waals surface area contributed by atoms with Crippen LogP contribution in [0.3, 0.4) is 0 Å². The first-order chi connectivity index (χ1) is 14.2. The fraction of sp³-hybridized carbons (Fsp3) is 0.292. The summed E-state index contributed by atoms with van der Waals surface area (Å²) in [4.78, 5) is 38.9. The molecule has 0 aliphatic carbocycles. The average Bonchev–Trinajstić information content (AvgIpc) is 2.85. The van der Waals surface area contributed by atoms with Gasteiger partial charge in [-0.2, -0.15) is 0 Å². The fourth-order valence-corrected chi connectivity index (χ4v) is 3.61. The van der Waals surface area contributed by atoms with Crippen LogP contribution in [-0.2, 0) is 14.4 Å². The number of imide groups is 1. The Kier molecular flexibility index (Phi) is 6.06. The van der Waals surface area contributed by atoms with E-state index in [2.05, 4.69) is 10.6 Å². The Morgan fingerprint density at radius 1 is 0.933 bits per heavy atom. The van der Waals surface area contributed by atoms with Crippen molar-refractivity contribution in [3.05, 3.63) is 64.9 Å². The van der Waals surface area contributed by atoms with Crippen molar-refractivity contribution in [3.63, 3.8) is 0 Å². The number of nitrogens with one attached hydrogen (secondary N) is 2. The Balaban J connectivity index is 2.04. The summed E-state index contributed by atoms with van der Waals surface area (Å²) in [6, 6.07) is 12.9. The summed E-state index contributed by atoms with van der Waals surface area (Å²) in [6.45, 7) is 9.70. The van der Waals surface area contributed by atoms with E-state index in [0.717, 1.165) is 16.8 Å². The highest BCUT2D eigenvalue weighted by Crippen LogP contribution is 2.32. The number of nitrogens with zero attached hydrogens (tertiary/aromatic N) is 1. The molecule has 0 fully saturated rings. The van der Waals surface area contributed by atoms with Gasteiger partial charge in [-0.05, 0) is 60.7 Å². The molecule has 3 rings (SSSR count). The van der Waals surface area contributed by atoms with E-state index in [0.29, 0.717) is 23.4 Å². The second kappa shape index (κ2) is 8.53. The third kappa shape index (κ3) is 4.59. The van der Waals surface area contributed by atoms with Gasteiger partial charge >= 0.3 is 0 Å². The Bertz CT molecular complexity index is 1020. The van der Waals surface area contributed by atoms with Crippen LogP contribution < -0.4 is 10.6 Å². The van der Waals surface area contributed by atoms with Crippen LogP contribution in [0.1, 0.15) is 37.5 Å². The molecule has 0 aromatic heterocycles. The lowest BCUT2D eigenvalue weighted by molar-refractivity contribution is -0.137. The highest BCUT2D eigenvalue weighted by molar-refractivity contribution is 6.36. The van der Waals surface area contributed by atoms with Gasteiger partial charge in [0.05, 0.1) is 5.57 Å². The SMILES string of the molecule is CC(=O)Nc1ccc(C2=C(Nc3cc(C)cc(C)c3)C(=O)N(CC(C)C)C2=O)cc1. The van der Waals surface area contributed by atoms with Crippen LogP contribution in [0, 0.1) is 19.8 Å². The van der Waals surface area contributed by atoms with E-state index in [4.69, 9.17) is 0 Å². The normalized spacial score (nSPS) is 14.0. The molecular weight excluding hydrogens is 378 g/mol. The van der Waals surface area contributed by atoms with Crippen molar-refractivity contribution in [1.29, 1.82) is 0 Å². The van der Waals surface area contributed by atoms with Crippen molar-refractivity contribution in [2.75, 3.05) is 17.2 Å². The van der Waals surface area contributed by atoms with E-state index in [1.165, 1.54) is 11.8 Å². The van der Waals surface area contributed by atoms with Gasteiger partial charge in [-0.1, -0.05) is 32.0 Å². The Morgan fingerprint density at radius 2 is 1.53 bits per heavy atom. The quantitative estimate of drug-likeness (QED) is 0.709. The molecule has 30 heavy (non-hydrogen) atoms. The summed E-state index contributed by atoms with van der Waals surface area (Å²) < 4.78 is 0. The van der Waals surface area contributed by atoms with Crippen LogP contribution in [0.2, 0.25) is 0 Å². The van der Waals surface area contributed by atoms with Gasteiger partial charge in [0.1, 0.15) is 5.70 Å². The van der Waals surface area contributed by atoms with E-state index in [1.54, 1.807) is 24.3 Å². The number of hydrogen-bond acceptors (Lipinski definition) is 4. The molecule has 0 bridgehead atoms. The van der Waals surface area contributed by atoms with Crippen LogP contribution in [0.4, 0.5) is 11.4 Å². The smallest absolute Gasteiger partial charge is 0.278 e. The fourth-order valence-electron chi connectivity index (χ4n) is 3.61. The number of hydrogen-bond donors (Lipinski definition) is 2. The molecule has 0 saturated carbocycles. The molecule has 2 aromatic carbocycles. The lowest BCUT2D eigenvalue weighted by atomic mass is 10.0. The Labute approximate surface area is 177 Å². The summed E-state index contributed by atoms with van der Waals surface area (Å²) in [7, 11) is 0. The molecule has 156 valence electrons. The predicted molar refractivity (Wildman–Crippen MR) is 119 cm³/mol. The monoisotopic (exact) mass is 405 g/mol. The topological polar surface area (TPSA) is 78.5 Å². The number of aryl methyl sites for hydroxylation is 2. The van der Waals surface area contributed by atoms with Gasteiger partial charge in [-0.15, -0.1) is 0 Å². The minimum Gasteiger partial charge on any atom is -0.350 e. The Hall–Kier alpha value is -3.41. The molecule has 2 aromatic rings. The van der Waals surface area contributed by atoms with Crippen molar-refractivity contribution in [2.24, 2.45) is 5.92 Å². The highest BCUT2D eigenvalue weighted by Gasteiger charge is 2.39. The first kappa shape index (κ1) is 21.3. The standard InChI is InChI=1S/C24H27N3O3/c1-14(2)13-27-23(29)21(18-6-8-19(9-7-18)25-17(5)28)22(24(27)30)26-20-11-15(3)10-16(4)12-20/h6-12,14,26H,13H2,1-5H3,(H,25,28). The third-order valence-corrected chi connectivity index (χ3v) is 4.70. The second-order valence-electron chi connectivity index (χ2n) is 8.12. The van der Waals surface area contributed by atoms with Gasteiger partial charge in [-0.3, -0.25) is 19.3 Å². The minimum absolute atomic E-state index is 0.154. The van der Waals surface area contributed by atoms with E-state index in [1.807, 2.05) is 45.9 Å². The molecule has 1 aliphatic heterocycles. The maximum absolute atomic E-state index is 13.2. The van der Waals surface area contributed by atoms with Crippen LogP contribution >= 0.6 is 0 Å². The van der Waals surface area contributed by atoms with Crippen LogP contribution in [0.25, 0.3) is 5.57 Å². The molecule has 0 unspecified atom stereocenters. The molecule has 6 heteroatoms. The zero-order valence-electron chi connectivity index (χ0n) is 18.0. The molecule has 1 aliphatic rings. The molecule has 0 radical (unpaired) electrons. The maximum atomic E-state index is 13.2. The van der Waals surface area contributed by atoms with Gasteiger partial charge in [-0.25, -0.2) is 0 Å². The van der Waals surface area contributed by atoms with Crippen molar-refractivity contribution >= 4 is 34.7 Å². The summed E-state index contributed by atoms with van der Waals surface area (Å²) in [5.41, 5.74) is 4.77. The zero-order valence-corrected chi connectivity index (χ0v) is 18.0.